The molecular weight excluding hydrogens is 246 g/mol. The van der Waals surface area contributed by atoms with Gasteiger partial charge < -0.3 is 4.90 Å². The lowest BCUT2D eigenvalue weighted by molar-refractivity contribution is 0.122. The van der Waals surface area contributed by atoms with Crippen LogP contribution in [0.25, 0.3) is 0 Å². The average Bonchev–Trinajstić information content (AvgIpc) is 3.06. The van der Waals surface area contributed by atoms with Crippen LogP contribution in [0, 0.1) is 11.3 Å². The zero-order chi connectivity index (χ0) is 14.0. The van der Waals surface area contributed by atoms with Gasteiger partial charge in [-0.3, -0.25) is 4.68 Å². The molecule has 0 amide bonds. The zero-order valence-electron chi connectivity index (χ0n) is 13.1. The molecule has 0 radical (unpaired) electrons. The Bertz CT molecular complexity index is 402. The van der Waals surface area contributed by atoms with Gasteiger partial charge in [0.05, 0.1) is 0 Å². The van der Waals surface area contributed by atoms with Crippen molar-refractivity contribution >= 4 is 0 Å². The van der Waals surface area contributed by atoms with Crippen molar-refractivity contribution in [1.82, 2.24) is 14.7 Å². The van der Waals surface area contributed by atoms with E-state index in [-0.39, 0.29) is 0 Å². The Balaban J connectivity index is 1.41. The molecule has 1 saturated heterocycles. The van der Waals surface area contributed by atoms with E-state index < -0.39 is 0 Å². The quantitative estimate of drug-likeness (QED) is 0.837. The molecule has 3 rings (SSSR count). The fraction of sp³-hybridized carbons (Fsp3) is 0.824. The Morgan fingerprint density at radius 3 is 2.60 bits per heavy atom. The van der Waals surface area contributed by atoms with Crippen LogP contribution in [0.3, 0.4) is 0 Å². The van der Waals surface area contributed by atoms with Crippen molar-refractivity contribution in [3.63, 3.8) is 0 Å². The highest BCUT2D eigenvalue weighted by molar-refractivity contribution is 4.89. The Labute approximate surface area is 123 Å². The second kappa shape index (κ2) is 5.88. The summed E-state index contributed by atoms with van der Waals surface area (Å²) < 4.78 is 2.08. The molecule has 3 nitrogen and oxygen atoms in total. The van der Waals surface area contributed by atoms with Crippen molar-refractivity contribution in [3.05, 3.63) is 18.5 Å². The molecule has 112 valence electrons. The van der Waals surface area contributed by atoms with Gasteiger partial charge in [0.2, 0.25) is 0 Å². The van der Waals surface area contributed by atoms with E-state index in [0.29, 0.717) is 5.41 Å². The van der Waals surface area contributed by atoms with Crippen LogP contribution < -0.4 is 0 Å². The van der Waals surface area contributed by atoms with Crippen LogP contribution in [-0.2, 0) is 6.54 Å². The van der Waals surface area contributed by atoms with E-state index in [1.165, 1.54) is 51.6 Å². The van der Waals surface area contributed by atoms with Crippen LogP contribution in [0.5, 0.6) is 0 Å². The lowest BCUT2D eigenvalue weighted by Gasteiger charge is -2.36. The van der Waals surface area contributed by atoms with Crippen molar-refractivity contribution in [2.24, 2.45) is 11.3 Å². The largest absolute Gasteiger partial charge is 0.300 e. The van der Waals surface area contributed by atoms with Crippen molar-refractivity contribution in [3.8, 4) is 0 Å². The third kappa shape index (κ3) is 3.43. The van der Waals surface area contributed by atoms with Crippen molar-refractivity contribution in [2.75, 3.05) is 13.1 Å². The van der Waals surface area contributed by atoms with E-state index in [2.05, 4.69) is 34.7 Å². The molecule has 1 aliphatic heterocycles. The van der Waals surface area contributed by atoms with Gasteiger partial charge >= 0.3 is 0 Å². The molecule has 20 heavy (non-hydrogen) atoms. The predicted octanol–water partition coefficient (Wildman–Crippen LogP) is 3.56. The molecule has 2 aliphatic rings. The standard InChI is InChI=1S/C17H29N3/c1-17(2)8-4-16(14-17)19-11-5-15(6-12-19)7-13-20-10-3-9-18-20/h3,9-10,15-16H,4-8,11-14H2,1-2H3. The second-order valence-corrected chi connectivity index (χ2v) is 7.60. The first-order valence-electron chi connectivity index (χ1n) is 8.34. The summed E-state index contributed by atoms with van der Waals surface area (Å²) in [4.78, 5) is 2.78. The molecular formula is C17H29N3. The topological polar surface area (TPSA) is 21.1 Å². The van der Waals surface area contributed by atoms with Crippen LogP contribution in [-0.4, -0.2) is 33.8 Å². The lowest BCUT2D eigenvalue weighted by Crippen LogP contribution is -2.40. The number of aromatic nitrogens is 2. The van der Waals surface area contributed by atoms with Gasteiger partial charge in [-0.25, -0.2) is 0 Å². The maximum Gasteiger partial charge on any atom is 0.0489 e. The fourth-order valence-corrected chi connectivity index (χ4v) is 4.07. The molecule has 0 N–H and O–H groups in total. The van der Waals surface area contributed by atoms with E-state index in [9.17, 15) is 0 Å². The molecule has 1 aromatic rings. The van der Waals surface area contributed by atoms with Gasteiger partial charge in [-0.2, -0.15) is 5.10 Å². The monoisotopic (exact) mass is 275 g/mol. The van der Waals surface area contributed by atoms with Crippen molar-refractivity contribution in [1.29, 1.82) is 0 Å². The number of rotatable bonds is 4. The van der Waals surface area contributed by atoms with Crippen LogP contribution in [0.1, 0.15) is 52.4 Å². The van der Waals surface area contributed by atoms with Crippen LogP contribution in [0.15, 0.2) is 18.5 Å². The summed E-state index contributed by atoms with van der Waals surface area (Å²) in [7, 11) is 0. The first-order valence-corrected chi connectivity index (χ1v) is 8.34. The molecule has 0 spiro atoms. The van der Waals surface area contributed by atoms with E-state index in [1.807, 2.05) is 12.3 Å². The first kappa shape index (κ1) is 14.1. The highest BCUT2D eigenvalue weighted by atomic mass is 15.3. The Kier molecular flexibility index (Phi) is 4.16. The molecule has 2 fully saturated rings. The molecule has 1 atom stereocenters. The van der Waals surface area contributed by atoms with Gasteiger partial charge in [0.15, 0.2) is 0 Å². The minimum Gasteiger partial charge on any atom is -0.300 e. The molecule has 1 aliphatic carbocycles. The summed E-state index contributed by atoms with van der Waals surface area (Å²) in [6, 6.07) is 2.89. The Morgan fingerprint density at radius 1 is 1.20 bits per heavy atom. The summed E-state index contributed by atoms with van der Waals surface area (Å²) in [5.74, 6) is 0.907. The molecule has 0 aromatic carbocycles. The summed E-state index contributed by atoms with van der Waals surface area (Å²) in [6.07, 6.45) is 12.3. The Morgan fingerprint density at radius 2 is 2.00 bits per heavy atom. The zero-order valence-corrected chi connectivity index (χ0v) is 13.1. The highest BCUT2D eigenvalue weighted by Gasteiger charge is 2.35. The minimum absolute atomic E-state index is 0.585. The number of likely N-dealkylation sites (tertiary alicyclic amines) is 1. The van der Waals surface area contributed by atoms with Crippen molar-refractivity contribution in [2.45, 2.75) is 65.0 Å². The van der Waals surface area contributed by atoms with Gasteiger partial charge in [-0.15, -0.1) is 0 Å². The average molecular weight is 275 g/mol. The third-order valence-corrected chi connectivity index (χ3v) is 5.43. The normalized spacial score (nSPS) is 28.0. The number of hydrogen-bond acceptors (Lipinski definition) is 2. The predicted molar refractivity (Wildman–Crippen MR) is 82.6 cm³/mol. The number of hydrogen-bond donors (Lipinski definition) is 0. The van der Waals surface area contributed by atoms with E-state index in [4.69, 9.17) is 0 Å². The van der Waals surface area contributed by atoms with Gasteiger partial charge in [0, 0.05) is 25.0 Å². The summed E-state index contributed by atoms with van der Waals surface area (Å²) in [5.41, 5.74) is 0.585. The van der Waals surface area contributed by atoms with Crippen LogP contribution >= 0.6 is 0 Å². The maximum absolute atomic E-state index is 4.30. The van der Waals surface area contributed by atoms with Crippen LogP contribution in [0.4, 0.5) is 0 Å². The van der Waals surface area contributed by atoms with Gasteiger partial charge in [-0.05, 0) is 69.0 Å². The summed E-state index contributed by atoms with van der Waals surface area (Å²) in [5, 5.41) is 4.30. The SMILES string of the molecule is CC1(C)CCC(N2CCC(CCn3cccn3)CC2)C1. The highest BCUT2D eigenvalue weighted by Crippen LogP contribution is 2.40. The molecule has 1 aromatic heterocycles. The van der Waals surface area contributed by atoms with Gasteiger partial charge in [-0.1, -0.05) is 13.8 Å². The molecule has 0 bridgehead atoms. The van der Waals surface area contributed by atoms with Crippen molar-refractivity contribution < 1.29 is 0 Å². The minimum atomic E-state index is 0.585. The smallest absolute Gasteiger partial charge is 0.0489 e. The van der Waals surface area contributed by atoms with E-state index in [0.717, 1.165) is 18.5 Å². The summed E-state index contributed by atoms with van der Waals surface area (Å²) in [6.45, 7) is 8.61. The van der Waals surface area contributed by atoms with Gasteiger partial charge in [0.25, 0.3) is 0 Å². The number of piperidine rings is 1. The van der Waals surface area contributed by atoms with Crippen LogP contribution in [0.2, 0.25) is 0 Å². The molecule has 1 unspecified atom stereocenters. The third-order valence-electron chi connectivity index (χ3n) is 5.43. The molecule has 3 heteroatoms. The fourth-order valence-electron chi connectivity index (χ4n) is 4.07. The lowest BCUT2D eigenvalue weighted by atomic mass is 9.90. The maximum atomic E-state index is 4.30. The summed E-state index contributed by atoms with van der Waals surface area (Å²) >= 11 is 0. The second-order valence-electron chi connectivity index (χ2n) is 7.60. The Hall–Kier alpha value is -0.830. The molecule has 1 saturated carbocycles. The van der Waals surface area contributed by atoms with E-state index >= 15 is 0 Å². The van der Waals surface area contributed by atoms with E-state index in [1.54, 1.807) is 0 Å². The first-order chi connectivity index (χ1) is 9.62. The number of nitrogens with zero attached hydrogens (tertiary/aromatic N) is 3. The van der Waals surface area contributed by atoms with Gasteiger partial charge in [0.1, 0.15) is 0 Å². The number of aryl methyl sites for hydroxylation is 1. The molecule has 2 heterocycles.